The molecule has 1 N–H and O–H groups in total. The van der Waals surface area contributed by atoms with Crippen LogP contribution >= 0.6 is 24.0 Å². The Balaban J connectivity index is 0.00000261. The van der Waals surface area contributed by atoms with E-state index in [9.17, 15) is 0 Å². The van der Waals surface area contributed by atoms with Gasteiger partial charge in [0.15, 0.2) is 5.96 Å². The van der Waals surface area contributed by atoms with Crippen molar-refractivity contribution in [3.63, 3.8) is 0 Å². The van der Waals surface area contributed by atoms with E-state index in [1.54, 1.807) is 0 Å². The zero-order valence-corrected chi connectivity index (χ0v) is 18.9. The lowest BCUT2D eigenvalue weighted by Gasteiger charge is -2.37. The summed E-state index contributed by atoms with van der Waals surface area (Å²) in [6.45, 7) is 6.79. The molecule has 3 rings (SSSR count). The Morgan fingerprint density at radius 2 is 2.15 bits per heavy atom. The summed E-state index contributed by atoms with van der Waals surface area (Å²) < 4.78 is 11.8. The molecule has 0 bridgehead atoms. The standard InChI is InChI=1S/C19H31N5O2.HI/c1-4-20-19(22-13-15-7-5-9-21-18(15)23(2)3)24-10-12-26-17(14-24)16-8-6-11-25-16;/h5,7,9,16-17H,4,6,8,10-14H2,1-3H3,(H,20,22);1H. The number of guanidine groups is 1. The molecule has 2 fully saturated rings. The zero-order valence-electron chi connectivity index (χ0n) is 16.6. The third kappa shape index (κ3) is 5.92. The number of nitrogens with one attached hydrogen (secondary N) is 1. The number of anilines is 1. The number of aliphatic imine (C=N–C) groups is 1. The molecule has 7 nitrogen and oxygen atoms in total. The van der Waals surface area contributed by atoms with Crippen LogP contribution in [-0.4, -0.2) is 75.0 Å². The highest BCUT2D eigenvalue weighted by atomic mass is 127. The second kappa shape index (κ2) is 11.0. The predicted molar refractivity (Wildman–Crippen MR) is 119 cm³/mol. The Kier molecular flexibility index (Phi) is 9.04. The van der Waals surface area contributed by atoms with Crippen molar-refractivity contribution in [3.05, 3.63) is 23.9 Å². The van der Waals surface area contributed by atoms with Crippen LogP contribution in [0, 0.1) is 0 Å². The van der Waals surface area contributed by atoms with Gasteiger partial charge in [-0.15, -0.1) is 24.0 Å². The van der Waals surface area contributed by atoms with Crippen LogP contribution in [0.25, 0.3) is 0 Å². The summed E-state index contributed by atoms with van der Waals surface area (Å²) in [7, 11) is 4.02. The number of ether oxygens (including phenoxy) is 2. The number of hydrogen-bond acceptors (Lipinski definition) is 5. The molecule has 0 aromatic carbocycles. The minimum Gasteiger partial charge on any atom is -0.375 e. The van der Waals surface area contributed by atoms with Crippen molar-refractivity contribution in [2.45, 2.75) is 38.5 Å². The average Bonchev–Trinajstić information content (AvgIpc) is 3.20. The van der Waals surface area contributed by atoms with Gasteiger partial charge in [-0.05, 0) is 25.8 Å². The summed E-state index contributed by atoms with van der Waals surface area (Å²) >= 11 is 0. The first-order chi connectivity index (χ1) is 12.7. The van der Waals surface area contributed by atoms with Gasteiger partial charge in [0.05, 0.1) is 19.3 Å². The summed E-state index contributed by atoms with van der Waals surface area (Å²) in [6, 6.07) is 4.05. The van der Waals surface area contributed by atoms with Gasteiger partial charge < -0.3 is 24.6 Å². The molecular weight excluding hydrogens is 457 g/mol. The quantitative estimate of drug-likeness (QED) is 0.389. The smallest absolute Gasteiger partial charge is 0.194 e. The van der Waals surface area contributed by atoms with Crippen molar-refractivity contribution < 1.29 is 9.47 Å². The first-order valence-corrected chi connectivity index (χ1v) is 9.56. The largest absolute Gasteiger partial charge is 0.375 e. The van der Waals surface area contributed by atoms with E-state index in [4.69, 9.17) is 14.5 Å². The summed E-state index contributed by atoms with van der Waals surface area (Å²) in [6.07, 6.45) is 4.40. The van der Waals surface area contributed by atoms with Crippen LogP contribution in [0.5, 0.6) is 0 Å². The fourth-order valence-corrected chi connectivity index (χ4v) is 3.53. The topological polar surface area (TPSA) is 62.2 Å². The Labute approximate surface area is 179 Å². The summed E-state index contributed by atoms with van der Waals surface area (Å²) in [5, 5.41) is 3.43. The van der Waals surface area contributed by atoms with Crippen molar-refractivity contribution in [1.29, 1.82) is 0 Å². The highest BCUT2D eigenvalue weighted by molar-refractivity contribution is 14.0. The normalized spacial score (nSPS) is 23.1. The molecule has 2 unspecified atom stereocenters. The summed E-state index contributed by atoms with van der Waals surface area (Å²) in [5.74, 6) is 1.90. The third-order valence-electron chi connectivity index (χ3n) is 4.80. The first-order valence-electron chi connectivity index (χ1n) is 9.56. The average molecular weight is 489 g/mol. The molecule has 3 heterocycles. The fraction of sp³-hybridized carbons (Fsp3) is 0.684. The number of rotatable bonds is 5. The number of hydrogen-bond donors (Lipinski definition) is 1. The lowest BCUT2D eigenvalue weighted by atomic mass is 10.1. The maximum atomic E-state index is 5.97. The molecule has 152 valence electrons. The van der Waals surface area contributed by atoms with Crippen molar-refractivity contribution in [2.24, 2.45) is 4.99 Å². The van der Waals surface area contributed by atoms with Gasteiger partial charge in [0, 0.05) is 52.1 Å². The maximum absolute atomic E-state index is 5.97. The van der Waals surface area contributed by atoms with Crippen molar-refractivity contribution in [3.8, 4) is 0 Å². The lowest BCUT2D eigenvalue weighted by Crippen LogP contribution is -2.53. The van der Waals surface area contributed by atoms with E-state index in [0.29, 0.717) is 13.2 Å². The van der Waals surface area contributed by atoms with Gasteiger partial charge in [-0.3, -0.25) is 0 Å². The van der Waals surface area contributed by atoms with Crippen LogP contribution in [0.3, 0.4) is 0 Å². The number of pyridine rings is 1. The Bertz CT molecular complexity index is 608. The molecule has 2 atom stereocenters. The summed E-state index contributed by atoms with van der Waals surface area (Å²) in [4.78, 5) is 13.7. The fourth-order valence-electron chi connectivity index (χ4n) is 3.53. The van der Waals surface area contributed by atoms with E-state index in [2.05, 4.69) is 28.2 Å². The van der Waals surface area contributed by atoms with Crippen molar-refractivity contribution in [1.82, 2.24) is 15.2 Å². The van der Waals surface area contributed by atoms with Crippen LogP contribution < -0.4 is 10.2 Å². The first kappa shape index (κ1) is 22.2. The van der Waals surface area contributed by atoms with Gasteiger partial charge in [0.25, 0.3) is 0 Å². The van der Waals surface area contributed by atoms with E-state index in [0.717, 1.165) is 56.4 Å². The van der Waals surface area contributed by atoms with Crippen LogP contribution in [0.4, 0.5) is 5.82 Å². The molecule has 0 saturated carbocycles. The molecular formula is C19H32IN5O2. The van der Waals surface area contributed by atoms with Gasteiger partial charge in [-0.1, -0.05) is 6.07 Å². The van der Waals surface area contributed by atoms with E-state index in [-0.39, 0.29) is 36.2 Å². The molecule has 1 aromatic rings. The molecule has 0 spiro atoms. The monoisotopic (exact) mass is 489 g/mol. The SMILES string of the molecule is CCNC(=NCc1cccnc1N(C)C)N1CCOC(C2CCCO2)C1.I. The second-order valence-electron chi connectivity index (χ2n) is 6.96. The van der Waals surface area contributed by atoms with E-state index < -0.39 is 0 Å². The molecule has 8 heteroatoms. The number of halogens is 1. The number of morpholine rings is 1. The lowest BCUT2D eigenvalue weighted by molar-refractivity contribution is -0.0817. The number of nitrogens with zero attached hydrogens (tertiary/aromatic N) is 4. The van der Waals surface area contributed by atoms with E-state index in [1.165, 1.54) is 0 Å². The van der Waals surface area contributed by atoms with Gasteiger partial charge in [-0.25, -0.2) is 9.98 Å². The molecule has 0 radical (unpaired) electrons. The van der Waals surface area contributed by atoms with Crippen LogP contribution in [0.1, 0.15) is 25.3 Å². The second-order valence-corrected chi connectivity index (χ2v) is 6.96. The number of aromatic nitrogens is 1. The third-order valence-corrected chi connectivity index (χ3v) is 4.80. The minimum atomic E-state index is 0. The Hall–Kier alpha value is -1.13. The van der Waals surface area contributed by atoms with Gasteiger partial charge in [0.2, 0.25) is 0 Å². The van der Waals surface area contributed by atoms with Crippen LogP contribution in [0.2, 0.25) is 0 Å². The van der Waals surface area contributed by atoms with E-state index >= 15 is 0 Å². The highest BCUT2D eigenvalue weighted by Crippen LogP contribution is 2.21. The summed E-state index contributed by atoms with van der Waals surface area (Å²) in [5.41, 5.74) is 1.12. The predicted octanol–water partition coefficient (Wildman–Crippen LogP) is 2.11. The molecule has 27 heavy (non-hydrogen) atoms. The molecule has 0 amide bonds. The van der Waals surface area contributed by atoms with Gasteiger partial charge in [0.1, 0.15) is 11.9 Å². The molecule has 2 saturated heterocycles. The van der Waals surface area contributed by atoms with Gasteiger partial charge in [-0.2, -0.15) is 0 Å². The Morgan fingerprint density at radius 3 is 2.85 bits per heavy atom. The maximum Gasteiger partial charge on any atom is 0.194 e. The van der Waals surface area contributed by atoms with Crippen molar-refractivity contribution >= 4 is 35.8 Å². The Morgan fingerprint density at radius 1 is 1.33 bits per heavy atom. The van der Waals surface area contributed by atoms with Crippen LogP contribution in [-0.2, 0) is 16.0 Å². The van der Waals surface area contributed by atoms with E-state index in [1.807, 2.05) is 31.3 Å². The van der Waals surface area contributed by atoms with Crippen LogP contribution in [0.15, 0.2) is 23.3 Å². The zero-order chi connectivity index (χ0) is 18.4. The highest BCUT2D eigenvalue weighted by Gasteiger charge is 2.32. The molecule has 2 aliphatic heterocycles. The molecule has 0 aliphatic carbocycles. The molecule has 1 aromatic heterocycles. The molecule has 2 aliphatic rings. The van der Waals surface area contributed by atoms with Crippen molar-refractivity contribution in [2.75, 3.05) is 51.8 Å². The van der Waals surface area contributed by atoms with Gasteiger partial charge >= 0.3 is 0 Å². The minimum absolute atomic E-state index is 0.